The maximum Gasteiger partial charge on any atom is 0.00983 e. The van der Waals surface area contributed by atoms with Crippen molar-refractivity contribution in [1.82, 2.24) is 5.32 Å². The summed E-state index contributed by atoms with van der Waals surface area (Å²) in [5, 5.41) is 3.72. The van der Waals surface area contributed by atoms with E-state index in [1.54, 1.807) is 0 Å². The zero-order chi connectivity index (χ0) is 13.9. The second-order valence-corrected chi connectivity index (χ2v) is 5.53. The summed E-state index contributed by atoms with van der Waals surface area (Å²) in [5.74, 6) is 0.846. The zero-order valence-corrected chi connectivity index (χ0v) is 13.0. The molecule has 19 heavy (non-hydrogen) atoms. The second kappa shape index (κ2) is 10.0. The summed E-state index contributed by atoms with van der Waals surface area (Å²) >= 11 is 0. The molecule has 1 heteroatoms. The van der Waals surface area contributed by atoms with Crippen LogP contribution in [0.5, 0.6) is 0 Å². The molecule has 1 aromatic carbocycles. The van der Waals surface area contributed by atoms with Crippen molar-refractivity contribution in [1.29, 1.82) is 0 Å². The van der Waals surface area contributed by atoms with Crippen LogP contribution in [0.1, 0.15) is 58.4 Å². The third-order valence-electron chi connectivity index (χ3n) is 3.94. The van der Waals surface area contributed by atoms with Crippen molar-refractivity contribution < 1.29 is 0 Å². The zero-order valence-electron chi connectivity index (χ0n) is 13.0. The standard InChI is InChI=1S/C18H31N/c1-4-10-17(11-5-2)18(19-6-3)15-14-16-12-8-7-9-13-16/h7-9,12-13,17-19H,4-6,10-11,14-15H2,1-3H3. The minimum Gasteiger partial charge on any atom is -0.314 e. The number of rotatable bonds is 10. The fourth-order valence-corrected chi connectivity index (χ4v) is 3.02. The quantitative estimate of drug-likeness (QED) is 0.637. The van der Waals surface area contributed by atoms with Crippen LogP contribution >= 0.6 is 0 Å². The molecular weight excluding hydrogens is 230 g/mol. The molecule has 1 aromatic rings. The van der Waals surface area contributed by atoms with Crippen molar-refractivity contribution in [2.75, 3.05) is 6.54 Å². The maximum absolute atomic E-state index is 3.72. The Morgan fingerprint density at radius 2 is 1.53 bits per heavy atom. The first-order chi connectivity index (χ1) is 9.31. The maximum atomic E-state index is 3.72. The van der Waals surface area contributed by atoms with Gasteiger partial charge in [-0.2, -0.15) is 0 Å². The van der Waals surface area contributed by atoms with E-state index in [2.05, 4.69) is 56.4 Å². The fourth-order valence-electron chi connectivity index (χ4n) is 3.02. The minimum atomic E-state index is 0.685. The van der Waals surface area contributed by atoms with Gasteiger partial charge in [0, 0.05) is 6.04 Å². The van der Waals surface area contributed by atoms with Gasteiger partial charge in [0.1, 0.15) is 0 Å². The summed E-state index contributed by atoms with van der Waals surface area (Å²) in [6, 6.07) is 11.6. The highest BCUT2D eigenvalue weighted by atomic mass is 14.9. The fraction of sp³-hybridized carbons (Fsp3) is 0.667. The van der Waals surface area contributed by atoms with E-state index in [1.165, 1.54) is 44.1 Å². The Labute approximate surface area is 119 Å². The molecule has 1 rings (SSSR count). The molecular formula is C18H31N. The average molecular weight is 261 g/mol. The molecule has 108 valence electrons. The Hall–Kier alpha value is -0.820. The van der Waals surface area contributed by atoms with Gasteiger partial charge in [-0.3, -0.25) is 0 Å². The number of hydrogen-bond acceptors (Lipinski definition) is 1. The molecule has 0 bridgehead atoms. The van der Waals surface area contributed by atoms with Crippen molar-refractivity contribution in [2.24, 2.45) is 5.92 Å². The van der Waals surface area contributed by atoms with Crippen LogP contribution in [0.4, 0.5) is 0 Å². The molecule has 1 unspecified atom stereocenters. The van der Waals surface area contributed by atoms with Crippen molar-refractivity contribution in [2.45, 2.75) is 65.3 Å². The van der Waals surface area contributed by atoms with Gasteiger partial charge in [-0.05, 0) is 43.7 Å². The van der Waals surface area contributed by atoms with E-state index in [1.807, 2.05) is 0 Å². The Morgan fingerprint density at radius 1 is 0.895 bits per heavy atom. The number of benzene rings is 1. The first-order valence-corrected chi connectivity index (χ1v) is 8.09. The van der Waals surface area contributed by atoms with Crippen molar-refractivity contribution >= 4 is 0 Å². The predicted molar refractivity (Wildman–Crippen MR) is 85.5 cm³/mol. The predicted octanol–water partition coefficient (Wildman–Crippen LogP) is 4.81. The Morgan fingerprint density at radius 3 is 2.05 bits per heavy atom. The number of nitrogens with one attached hydrogen (secondary N) is 1. The summed E-state index contributed by atoms with van der Waals surface area (Å²) < 4.78 is 0. The molecule has 0 aliphatic carbocycles. The van der Waals surface area contributed by atoms with E-state index in [0.29, 0.717) is 6.04 Å². The van der Waals surface area contributed by atoms with Crippen LogP contribution in [-0.4, -0.2) is 12.6 Å². The molecule has 0 aromatic heterocycles. The number of hydrogen-bond donors (Lipinski definition) is 1. The Bertz CT molecular complexity index is 301. The van der Waals surface area contributed by atoms with Gasteiger partial charge < -0.3 is 5.32 Å². The van der Waals surface area contributed by atoms with Crippen LogP contribution in [0.3, 0.4) is 0 Å². The van der Waals surface area contributed by atoms with Crippen LogP contribution in [0.25, 0.3) is 0 Å². The highest BCUT2D eigenvalue weighted by Gasteiger charge is 2.18. The van der Waals surface area contributed by atoms with Gasteiger partial charge in [-0.25, -0.2) is 0 Å². The molecule has 0 aliphatic rings. The molecule has 0 heterocycles. The van der Waals surface area contributed by atoms with E-state index in [0.717, 1.165) is 12.5 Å². The largest absolute Gasteiger partial charge is 0.314 e. The van der Waals surface area contributed by atoms with Crippen LogP contribution in [-0.2, 0) is 6.42 Å². The lowest BCUT2D eigenvalue weighted by Crippen LogP contribution is -2.36. The molecule has 1 nitrogen and oxygen atoms in total. The van der Waals surface area contributed by atoms with Crippen LogP contribution < -0.4 is 5.32 Å². The summed E-state index contributed by atoms with van der Waals surface area (Å²) in [6.45, 7) is 7.93. The third-order valence-corrected chi connectivity index (χ3v) is 3.94. The lowest BCUT2D eigenvalue weighted by molar-refractivity contribution is 0.300. The second-order valence-electron chi connectivity index (χ2n) is 5.53. The molecule has 0 aliphatic heterocycles. The van der Waals surface area contributed by atoms with Crippen molar-refractivity contribution in [3.8, 4) is 0 Å². The van der Waals surface area contributed by atoms with Gasteiger partial charge in [0.2, 0.25) is 0 Å². The van der Waals surface area contributed by atoms with E-state index in [9.17, 15) is 0 Å². The van der Waals surface area contributed by atoms with Gasteiger partial charge >= 0.3 is 0 Å². The summed E-state index contributed by atoms with van der Waals surface area (Å²) in [7, 11) is 0. The molecule has 1 N–H and O–H groups in total. The van der Waals surface area contributed by atoms with E-state index < -0.39 is 0 Å². The van der Waals surface area contributed by atoms with E-state index in [-0.39, 0.29) is 0 Å². The first-order valence-electron chi connectivity index (χ1n) is 8.09. The number of aryl methyl sites for hydroxylation is 1. The monoisotopic (exact) mass is 261 g/mol. The molecule has 0 radical (unpaired) electrons. The SMILES string of the molecule is CCCC(CCC)C(CCc1ccccc1)NCC. The molecule has 0 saturated carbocycles. The Kier molecular flexibility index (Phi) is 8.57. The van der Waals surface area contributed by atoms with E-state index in [4.69, 9.17) is 0 Å². The van der Waals surface area contributed by atoms with Crippen LogP contribution in [0.2, 0.25) is 0 Å². The van der Waals surface area contributed by atoms with Gasteiger partial charge in [0.05, 0.1) is 0 Å². The highest BCUT2D eigenvalue weighted by Crippen LogP contribution is 2.21. The van der Waals surface area contributed by atoms with Gasteiger partial charge in [0.25, 0.3) is 0 Å². The topological polar surface area (TPSA) is 12.0 Å². The molecule has 1 atom stereocenters. The minimum absolute atomic E-state index is 0.685. The molecule has 0 saturated heterocycles. The summed E-state index contributed by atoms with van der Waals surface area (Å²) in [5.41, 5.74) is 1.47. The lowest BCUT2D eigenvalue weighted by Gasteiger charge is -2.27. The van der Waals surface area contributed by atoms with Gasteiger partial charge in [-0.1, -0.05) is 63.9 Å². The average Bonchev–Trinajstić information content (AvgIpc) is 2.44. The molecule has 0 fully saturated rings. The van der Waals surface area contributed by atoms with Crippen LogP contribution in [0.15, 0.2) is 30.3 Å². The normalized spacial score (nSPS) is 12.8. The Balaban J connectivity index is 2.54. The summed E-state index contributed by atoms with van der Waals surface area (Å²) in [6.07, 6.45) is 7.79. The van der Waals surface area contributed by atoms with Crippen molar-refractivity contribution in [3.63, 3.8) is 0 Å². The van der Waals surface area contributed by atoms with Gasteiger partial charge in [-0.15, -0.1) is 0 Å². The molecule has 0 amide bonds. The van der Waals surface area contributed by atoms with Gasteiger partial charge in [0.15, 0.2) is 0 Å². The van der Waals surface area contributed by atoms with Crippen LogP contribution in [0, 0.1) is 5.92 Å². The molecule has 0 spiro atoms. The third kappa shape index (κ3) is 6.24. The first kappa shape index (κ1) is 16.2. The lowest BCUT2D eigenvalue weighted by atomic mass is 9.87. The van der Waals surface area contributed by atoms with Crippen molar-refractivity contribution in [3.05, 3.63) is 35.9 Å². The summed E-state index contributed by atoms with van der Waals surface area (Å²) in [4.78, 5) is 0. The van der Waals surface area contributed by atoms with E-state index >= 15 is 0 Å². The highest BCUT2D eigenvalue weighted by molar-refractivity contribution is 5.14. The smallest absolute Gasteiger partial charge is 0.00983 e.